The first-order chi connectivity index (χ1) is 11.1. The van der Waals surface area contributed by atoms with Crippen molar-refractivity contribution in [2.24, 2.45) is 0 Å². The highest BCUT2D eigenvalue weighted by Crippen LogP contribution is 2.47. The molecule has 0 radical (unpaired) electrons. The zero-order chi connectivity index (χ0) is 16.6. The molecule has 0 bridgehead atoms. The van der Waals surface area contributed by atoms with Gasteiger partial charge in [0.05, 0.1) is 15.7 Å². The summed E-state index contributed by atoms with van der Waals surface area (Å²) in [6, 6.07) is 8.75. The van der Waals surface area contributed by atoms with Gasteiger partial charge >= 0.3 is 0 Å². The molecule has 0 saturated heterocycles. The van der Waals surface area contributed by atoms with E-state index in [-0.39, 0.29) is 0 Å². The second-order valence-corrected chi connectivity index (χ2v) is 6.58. The van der Waals surface area contributed by atoms with Crippen molar-refractivity contribution < 1.29 is 0 Å². The monoisotopic (exact) mass is 348 g/mol. The lowest BCUT2D eigenvalue weighted by molar-refractivity contribution is 0.866. The summed E-state index contributed by atoms with van der Waals surface area (Å²) in [6.07, 6.45) is 0.905. The van der Waals surface area contributed by atoms with E-state index in [9.17, 15) is 0 Å². The van der Waals surface area contributed by atoms with Gasteiger partial charge in [-0.1, -0.05) is 29.3 Å². The topological polar surface area (TPSA) is 15.3 Å². The molecule has 2 aromatic carbocycles. The summed E-state index contributed by atoms with van der Waals surface area (Å²) in [5.74, 6) is 0. The summed E-state index contributed by atoms with van der Waals surface area (Å²) in [6.45, 7) is 9.28. The van der Waals surface area contributed by atoms with Gasteiger partial charge in [-0.25, -0.2) is 0 Å². The molecule has 2 aromatic rings. The van der Waals surface area contributed by atoms with E-state index >= 15 is 0 Å². The van der Waals surface area contributed by atoms with E-state index in [1.54, 1.807) is 0 Å². The number of nitrogens with zero attached hydrogens (tertiary/aromatic N) is 1. The summed E-state index contributed by atoms with van der Waals surface area (Å²) in [5.41, 5.74) is 7.33. The molecule has 3 rings (SSSR count). The Morgan fingerprint density at radius 2 is 1.78 bits per heavy atom. The molecule has 1 aliphatic rings. The Balaban J connectivity index is 2.14. The lowest BCUT2D eigenvalue weighted by Crippen LogP contribution is -2.21. The number of nitrogens with one attached hydrogen (secondary N) is 1. The van der Waals surface area contributed by atoms with Crippen molar-refractivity contribution in [3.05, 3.63) is 45.4 Å². The van der Waals surface area contributed by atoms with Crippen molar-refractivity contribution in [1.29, 1.82) is 0 Å². The standard InChI is InChI=1S/C19H22Cl2N2/c1-4-22-19-16-9-12-7-8-13(23(5-2)6-3)10-14(12)15(16)11-17(20)18(19)21/h7-8,10-11,22H,4-6,9H2,1-3H3. The van der Waals surface area contributed by atoms with Crippen LogP contribution in [0.15, 0.2) is 24.3 Å². The van der Waals surface area contributed by atoms with Gasteiger partial charge in [-0.2, -0.15) is 0 Å². The van der Waals surface area contributed by atoms with E-state index in [4.69, 9.17) is 23.2 Å². The smallest absolute Gasteiger partial charge is 0.0826 e. The Bertz CT molecular complexity index is 737. The van der Waals surface area contributed by atoms with Crippen molar-refractivity contribution in [2.45, 2.75) is 27.2 Å². The van der Waals surface area contributed by atoms with Crippen LogP contribution in [0.25, 0.3) is 11.1 Å². The maximum absolute atomic E-state index is 6.42. The number of hydrogen-bond acceptors (Lipinski definition) is 2. The molecule has 0 fully saturated rings. The van der Waals surface area contributed by atoms with Crippen LogP contribution in [0.4, 0.5) is 11.4 Å². The zero-order valence-electron chi connectivity index (χ0n) is 13.8. The van der Waals surface area contributed by atoms with Gasteiger partial charge in [0, 0.05) is 31.7 Å². The molecule has 0 unspecified atom stereocenters. The quantitative estimate of drug-likeness (QED) is 0.622. The van der Waals surface area contributed by atoms with Gasteiger partial charge in [-0.15, -0.1) is 0 Å². The maximum Gasteiger partial charge on any atom is 0.0826 e. The molecule has 23 heavy (non-hydrogen) atoms. The van der Waals surface area contributed by atoms with E-state index in [1.807, 2.05) is 6.07 Å². The predicted octanol–water partition coefficient (Wildman–Crippen LogP) is 5.84. The Labute approximate surface area is 148 Å². The summed E-state index contributed by atoms with van der Waals surface area (Å²) in [5, 5.41) is 4.63. The van der Waals surface area contributed by atoms with Crippen molar-refractivity contribution in [3.63, 3.8) is 0 Å². The van der Waals surface area contributed by atoms with Crippen LogP contribution in [0.5, 0.6) is 0 Å². The average Bonchev–Trinajstić information content (AvgIpc) is 2.91. The fourth-order valence-electron chi connectivity index (χ4n) is 3.39. The van der Waals surface area contributed by atoms with E-state index < -0.39 is 0 Å². The largest absolute Gasteiger partial charge is 0.384 e. The minimum atomic E-state index is 0.613. The van der Waals surface area contributed by atoms with Crippen LogP contribution in [-0.2, 0) is 6.42 Å². The molecule has 1 N–H and O–H groups in total. The third-order valence-electron chi connectivity index (χ3n) is 4.56. The second-order valence-electron chi connectivity index (χ2n) is 5.79. The zero-order valence-corrected chi connectivity index (χ0v) is 15.4. The molecule has 1 aliphatic carbocycles. The maximum atomic E-state index is 6.42. The number of rotatable bonds is 5. The Morgan fingerprint density at radius 3 is 2.43 bits per heavy atom. The van der Waals surface area contributed by atoms with Crippen LogP contribution >= 0.6 is 23.2 Å². The summed E-state index contributed by atoms with van der Waals surface area (Å²) in [7, 11) is 0. The van der Waals surface area contributed by atoms with Gasteiger partial charge < -0.3 is 10.2 Å². The van der Waals surface area contributed by atoms with Crippen LogP contribution in [0.2, 0.25) is 10.0 Å². The summed E-state index contributed by atoms with van der Waals surface area (Å²) < 4.78 is 0. The summed E-state index contributed by atoms with van der Waals surface area (Å²) >= 11 is 12.8. The lowest BCUT2D eigenvalue weighted by Gasteiger charge is -2.22. The van der Waals surface area contributed by atoms with Gasteiger partial charge in [-0.3, -0.25) is 0 Å². The fourth-order valence-corrected chi connectivity index (χ4v) is 3.83. The minimum Gasteiger partial charge on any atom is -0.384 e. The van der Waals surface area contributed by atoms with Crippen molar-refractivity contribution >= 4 is 34.6 Å². The molecule has 0 aliphatic heterocycles. The van der Waals surface area contributed by atoms with E-state index in [2.05, 4.69) is 49.2 Å². The third kappa shape index (κ3) is 2.79. The Hall–Kier alpha value is -1.38. The lowest BCUT2D eigenvalue weighted by atomic mass is 10.0. The van der Waals surface area contributed by atoms with Crippen LogP contribution in [0.1, 0.15) is 31.9 Å². The van der Waals surface area contributed by atoms with Crippen molar-refractivity contribution in [3.8, 4) is 11.1 Å². The van der Waals surface area contributed by atoms with Crippen LogP contribution < -0.4 is 10.2 Å². The molecule has 0 heterocycles. The number of anilines is 2. The molecule has 0 aromatic heterocycles. The normalized spacial score (nSPS) is 12.0. The first kappa shape index (κ1) is 16.5. The van der Waals surface area contributed by atoms with Gasteiger partial charge in [0.1, 0.15) is 0 Å². The molecular formula is C19H22Cl2N2. The second kappa shape index (κ2) is 6.62. The average molecular weight is 349 g/mol. The molecule has 4 heteroatoms. The van der Waals surface area contributed by atoms with Crippen LogP contribution in [-0.4, -0.2) is 19.6 Å². The Morgan fingerprint density at radius 1 is 1.04 bits per heavy atom. The number of hydrogen-bond donors (Lipinski definition) is 1. The first-order valence-corrected chi connectivity index (χ1v) is 8.99. The third-order valence-corrected chi connectivity index (χ3v) is 5.35. The highest BCUT2D eigenvalue weighted by molar-refractivity contribution is 6.44. The van der Waals surface area contributed by atoms with E-state index in [1.165, 1.54) is 27.9 Å². The molecular weight excluding hydrogens is 327 g/mol. The van der Waals surface area contributed by atoms with Gasteiger partial charge in [0.2, 0.25) is 0 Å². The molecule has 0 spiro atoms. The molecule has 122 valence electrons. The van der Waals surface area contributed by atoms with Gasteiger partial charge in [0.15, 0.2) is 0 Å². The van der Waals surface area contributed by atoms with E-state index in [0.29, 0.717) is 10.0 Å². The highest BCUT2D eigenvalue weighted by atomic mass is 35.5. The number of fused-ring (bicyclic) bond motifs is 3. The summed E-state index contributed by atoms with van der Waals surface area (Å²) in [4.78, 5) is 2.36. The fraction of sp³-hybridized carbons (Fsp3) is 0.368. The SMILES string of the molecule is CCNc1c(Cl)c(Cl)cc2c1Cc1ccc(N(CC)CC)cc1-2. The molecule has 0 amide bonds. The van der Waals surface area contributed by atoms with Crippen LogP contribution in [0.3, 0.4) is 0 Å². The Kier molecular flexibility index (Phi) is 4.74. The van der Waals surface area contributed by atoms with Crippen molar-refractivity contribution in [2.75, 3.05) is 29.9 Å². The number of benzene rings is 2. The first-order valence-electron chi connectivity index (χ1n) is 8.23. The number of halogens is 2. The molecule has 0 saturated carbocycles. The van der Waals surface area contributed by atoms with Crippen molar-refractivity contribution in [1.82, 2.24) is 0 Å². The van der Waals surface area contributed by atoms with Gasteiger partial charge in [-0.05, 0) is 61.2 Å². The molecule has 2 nitrogen and oxygen atoms in total. The molecule has 0 atom stereocenters. The van der Waals surface area contributed by atoms with Crippen LogP contribution in [0, 0.1) is 0 Å². The predicted molar refractivity (Wildman–Crippen MR) is 102 cm³/mol. The highest BCUT2D eigenvalue weighted by Gasteiger charge is 2.25. The van der Waals surface area contributed by atoms with Gasteiger partial charge in [0.25, 0.3) is 0 Å². The minimum absolute atomic E-state index is 0.613. The van der Waals surface area contributed by atoms with E-state index in [0.717, 1.165) is 31.7 Å².